The Hall–Kier alpha value is -2.28. The van der Waals surface area contributed by atoms with Gasteiger partial charge >= 0.3 is 6.03 Å². The molecule has 3 rings (SSSR count). The molecule has 1 aliphatic heterocycles. The molecular weight excluding hydrogens is 296 g/mol. The first-order valence-corrected chi connectivity index (χ1v) is 7.80. The Balaban J connectivity index is 1.73. The fourth-order valence-corrected chi connectivity index (χ4v) is 2.84. The van der Waals surface area contributed by atoms with Gasteiger partial charge < -0.3 is 19.7 Å². The number of aryl methyl sites for hydroxylation is 1. The average Bonchev–Trinajstić information content (AvgIpc) is 3.07. The molecule has 0 aliphatic carbocycles. The van der Waals surface area contributed by atoms with Gasteiger partial charge in [-0.15, -0.1) is 0 Å². The van der Waals surface area contributed by atoms with Crippen LogP contribution in [0.15, 0.2) is 29.0 Å². The van der Waals surface area contributed by atoms with Crippen LogP contribution in [0.3, 0.4) is 0 Å². The monoisotopic (exact) mass is 318 g/mol. The number of carbonyl (C=O) groups is 1. The SMILES string of the molecule is Cn1cc(NC(=O)N2CCCC(C)(O)CC2)c(-c2ccco2)n1. The van der Waals surface area contributed by atoms with Gasteiger partial charge in [0, 0.05) is 26.3 Å². The Morgan fingerprint density at radius 1 is 1.43 bits per heavy atom. The fraction of sp³-hybridized carbons (Fsp3) is 0.500. The molecule has 124 valence electrons. The van der Waals surface area contributed by atoms with Gasteiger partial charge in [-0.2, -0.15) is 5.10 Å². The first-order chi connectivity index (χ1) is 10.9. The van der Waals surface area contributed by atoms with Crippen molar-refractivity contribution in [2.24, 2.45) is 7.05 Å². The summed E-state index contributed by atoms with van der Waals surface area (Å²) in [6, 6.07) is 3.41. The molecule has 0 aromatic carbocycles. The molecule has 1 fully saturated rings. The van der Waals surface area contributed by atoms with Crippen molar-refractivity contribution in [2.45, 2.75) is 31.8 Å². The van der Waals surface area contributed by atoms with E-state index in [1.54, 1.807) is 41.2 Å². The summed E-state index contributed by atoms with van der Waals surface area (Å²) in [6.07, 6.45) is 5.41. The molecular formula is C16H22N4O3. The number of urea groups is 1. The molecule has 3 heterocycles. The largest absolute Gasteiger partial charge is 0.463 e. The zero-order valence-electron chi connectivity index (χ0n) is 13.5. The van der Waals surface area contributed by atoms with E-state index in [9.17, 15) is 9.90 Å². The molecule has 2 amide bonds. The second-order valence-electron chi connectivity index (χ2n) is 6.31. The van der Waals surface area contributed by atoms with E-state index in [1.165, 1.54) is 0 Å². The minimum atomic E-state index is -0.692. The summed E-state index contributed by atoms with van der Waals surface area (Å²) in [7, 11) is 1.80. The van der Waals surface area contributed by atoms with Gasteiger partial charge in [-0.25, -0.2) is 4.79 Å². The van der Waals surface area contributed by atoms with E-state index in [0.717, 1.165) is 6.42 Å². The molecule has 7 nitrogen and oxygen atoms in total. The molecule has 0 radical (unpaired) electrons. The average molecular weight is 318 g/mol. The van der Waals surface area contributed by atoms with E-state index >= 15 is 0 Å². The van der Waals surface area contributed by atoms with Crippen LogP contribution in [0.1, 0.15) is 26.2 Å². The summed E-state index contributed by atoms with van der Waals surface area (Å²) in [5, 5.41) is 17.4. The molecule has 0 saturated carbocycles. The van der Waals surface area contributed by atoms with Crippen LogP contribution in [0, 0.1) is 0 Å². The van der Waals surface area contributed by atoms with Crippen LogP contribution in [0.4, 0.5) is 10.5 Å². The van der Waals surface area contributed by atoms with Crippen molar-refractivity contribution in [3.8, 4) is 11.5 Å². The second-order valence-corrected chi connectivity index (χ2v) is 6.31. The smallest absolute Gasteiger partial charge is 0.321 e. The quantitative estimate of drug-likeness (QED) is 0.891. The van der Waals surface area contributed by atoms with Crippen LogP contribution in [0.25, 0.3) is 11.5 Å². The molecule has 0 spiro atoms. The van der Waals surface area contributed by atoms with Crippen LogP contribution in [-0.4, -0.2) is 44.5 Å². The topological polar surface area (TPSA) is 83.5 Å². The molecule has 23 heavy (non-hydrogen) atoms. The maximum atomic E-state index is 12.5. The number of aromatic nitrogens is 2. The normalized spacial score (nSPS) is 22.0. The number of amides is 2. The number of likely N-dealkylation sites (tertiary alicyclic amines) is 1. The van der Waals surface area contributed by atoms with Crippen molar-refractivity contribution < 1.29 is 14.3 Å². The van der Waals surface area contributed by atoms with Crippen molar-refractivity contribution in [2.75, 3.05) is 18.4 Å². The maximum Gasteiger partial charge on any atom is 0.321 e. The third kappa shape index (κ3) is 3.56. The third-order valence-corrected chi connectivity index (χ3v) is 4.18. The maximum absolute atomic E-state index is 12.5. The number of nitrogens with one attached hydrogen (secondary N) is 1. The number of anilines is 1. The summed E-state index contributed by atoms with van der Waals surface area (Å²) < 4.78 is 7.01. The Bertz CT molecular complexity index is 676. The summed E-state index contributed by atoms with van der Waals surface area (Å²) in [4.78, 5) is 14.3. The van der Waals surface area contributed by atoms with Gasteiger partial charge in [-0.3, -0.25) is 4.68 Å². The number of hydrogen-bond donors (Lipinski definition) is 2. The van der Waals surface area contributed by atoms with Gasteiger partial charge in [0.1, 0.15) is 0 Å². The second kappa shape index (κ2) is 6.08. The molecule has 7 heteroatoms. The first-order valence-electron chi connectivity index (χ1n) is 7.80. The highest BCUT2D eigenvalue weighted by Crippen LogP contribution is 2.27. The van der Waals surface area contributed by atoms with E-state index in [2.05, 4.69) is 10.4 Å². The predicted octanol–water partition coefficient (Wildman–Crippen LogP) is 2.45. The van der Waals surface area contributed by atoms with Crippen LogP contribution < -0.4 is 5.32 Å². The van der Waals surface area contributed by atoms with Crippen molar-refractivity contribution in [3.63, 3.8) is 0 Å². The first kappa shape index (κ1) is 15.6. The number of rotatable bonds is 2. The van der Waals surface area contributed by atoms with Crippen molar-refractivity contribution >= 4 is 11.7 Å². The van der Waals surface area contributed by atoms with Crippen molar-refractivity contribution in [1.82, 2.24) is 14.7 Å². The lowest BCUT2D eigenvalue weighted by Gasteiger charge is -2.22. The van der Waals surface area contributed by atoms with Crippen LogP contribution >= 0.6 is 0 Å². The lowest BCUT2D eigenvalue weighted by molar-refractivity contribution is 0.0458. The lowest BCUT2D eigenvalue weighted by Crippen LogP contribution is -2.36. The van der Waals surface area contributed by atoms with Gasteiger partial charge in [0.25, 0.3) is 0 Å². The minimum Gasteiger partial charge on any atom is -0.463 e. The number of carbonyl (C=O) groups excluding carboxylic acids is 1. The van der Waals surface area contributed by atoms with E-state index in [0.29, 0.717) is 43.1 Å². The molecule has 2 N–H and O–H groups in total. The molecule has 2 aromatic heterocycles. The predicted molar refractivity (Wildman–Crippen MR) is 86.0 cm³/mol. The fourth-order valence-electron chi connectivity index (χ4n) is 2.84. The minimum absolute atomic E-state index is 0.177. The van der Waals surface area contributed by atoms with Gasteiger partial charge in [0.05, 0.1) is 17.6 Å². The molecule has 1 saturated heterocycles. The van der Waals surface area contributed by atoms with Crippen LogP contribution in [-0.2, 0) is 7.05 Å². The summed E-state index contributed by atoms with van der Waals surface area (Å²) in [5.74, 6) is 0.611. The Labute approximate surface area is 134 Å². The third-order valence-electron chi connectivity index (χ3n) is 4.18. The highest BCUT2D eigenvalue weighted by atomic mass is 16.3. The number of hydrogen-bond acceptors (Lipinski definition) is 4. The standard InChI is InChI=1S/C16H22N4O3/c1-16(22)6-4-8-20(9-7-16)15(21)17-12-11-19(2)18-14(12)13-5-3-10-23-13/h3,5,10-11,22H,4,6-9H2,1-2H3,(H,17,21). The van der Waals surface area contributed by atoms with Gasteiger partial charge in [0.2, 0.25) is 0 Å². The van der Waals surface area contributed by atoms with E-state index in [1.807, 2.05) is 6.92 Å². The van der Waals surface area contributed by atoms with Crippen molar-refractivity contribution in [3.05, 3.63) is 24.6 Å². The van der Waals surface area contributed by atoms with E-state index in [4.69, 9.17) is 4.42 Å². The molecule has 2 aromatic rings. The Morgan fingerprint density at radius 2 is 2.26 bits per heavy atom. The Morgan fingerprint density at radius 3 is 3.00 bits per heavy atom. The van der Waals surface area contributed by atoms with Crippen LogP contribution in [0.2, 0.25) is 0 Å². The van der Waals surface area contributed by atoms with Crippen LogP contribution in [0.5, 0.6) is 0 Å². The molecule has 1 aliphatic rings. The Kier molecular flexibility index (Phi) is 4.12. The number of aliphatic hydroxyl groups is 1. The summed E-state index contributed by atoms with van der Waals surface area (Å²) in [6.45, 7) is 3.00. The molecule has 1 atom stereocenters. The number of nitrogens with zero attached hydrogens (tertiary/aromatic N) is 3. The van der Waals surface area contributed by atoms with Gasteiger partial charge in [-0.05, 0) is 38.3 Å². The zero-order valence-corrected chi connectivity index (χ0v) is 13.5. The zero-order chi connectivity index (χ0) is 16.4. The number of furan rings is 1. The summed E-state index contributed by atoms with van der Waals surface area (Å²) in [5.41, 5.74) is 0.527. The van der Waals surface area contributed by atoms with E-state index in [-0.39, 0.29) is 6.03 Å². The molecule has 0 bridgehead atoms. The van der Waals surface area contributed by atoms with Gasteiger partial charge in [-0.1, -0.05) is 0 Å². The van der Waals surface area contributed by atoms with Gasteiger partial charge in [0.15, 0.2) is 11.5 Å². The van der Waals surface area contributed by atoms with Crippen molar-refractivity contribution in [1.29, 1.82) is 0 Å². The lowest BCUT2D eigenvalue weighted by atomic mass is 9.98. The highest BCUT2D eigenvalue weighted by Gasteiger charge is 2.27. The molecule has 1 unspecified atom stereocenters. The van der Waals surface area contributed by atoms with E-state index < -0.39 is 5.60 Å². The summed E-state index contributed by atoms with van der Waals surface area (Å²) >= 11 is 0. The highest BCUT2D eigenvalue weighted by molar-refractivity contribution is 5.92.